The van der Waals surface area contributed by atoms with Crippen LogP contribution < -0.4 is 20.1 Å². The van der Waals surface area contributed by atoms with Crippen LogP contribution in [0.3, 0.4) is 0 Å². The number of hydrogen-bond donors (Lipinski definition) is 2. The third-order valence-corrected chi connectivity index (χ3v) is 6.93. The highest BCUT2D eigenvalue weighted by Crippen LogP contribution is 2.35. The molecule has 1 saturated heterocycles. The number of pyridine rings is 1. The van der Waals surface area contributed by atoms with Crippen molar-refractivity contribution in [2.24, 2.45) is 0 Å². The van der Waals surface area contributed by atoms with Gasteiger partial charge in [-0.3, -0.25) is 15.1 Å². The highest BCUT2D eigenvalue weighted by atomic mass is 35.5. The Morgan fingerprint density at radius 1 is 1.12 bits per heavy atom. The van der Waals surface area contributed by atoms with Gasteiger partial charge in [0.1, 0.15) is 30.3 Å². The van der Waals surface area contributed by atoms with Crippen LogP contribution in [0.2, 0.25) is 5.02 Å². The minimum atomic E-state index is -0.721. The van der Waals surface area contributed by atoms with Gasteiger partial charge in [0.2, 0.25) is 5.91 Å². The molecule has 216 valence electrons. The summed E-state index contributed by atoms with van der Waals surface area (Å²) in [7, 11) is 1.49. The van der Waals surface area contributed by atoms with Gasteiger partial charge >= 0.3 is 6.09 Å². The zero-order valence-corrected chi connectivity index (χ0v) is 23.6. The Kier molecular flexibility index (Phi) is 8.98. The molecule has 1 aliphatic rings. The van der Waals surface area contributed by atoms with Crippen LogP contribution in [0.1, 0.15) is 25.0 Å². The molecular formula is C30H29ClN6O5. The zero-order chi connectivity index (χ0) is 29.5. The predicted molar refractivity (Wildman–Crippen MR) is 159 cm³/mol. The Morgan fingerprint density at radius 2 is 2.00 bits per heavy atom. The largest absolute Gasteiger partial charge is 0.494 e. The van der Waals surface area contributed by atoms with E-state index >= 15 is 0 Å². The van der Waals surface area contributed by atoms with Gasteiger partial charge in [0, 0.05) is 36.3 Å². The smallest absolute Gasteiger partial charge is 0.413 e. The van der Waals surface area contributed by atoms with Crippen molar-refractivity contribution >= 4 is 51.7 Å². The van der Waals surface area contributed by atoms with Crippen LogP contribution in [0, 0.1) is 0 Å². The van der Waals surface area contributed by atoms with Crippen LogP contribution in [0.15, 0.2) is 73.7 Å². The average Bonchev–Trinajstić information content (AvgIpc) is 3.01. The van der Waals surface area contributed by atoms with Crippen molar-refractivity contribution < 1.29 is 23.8 Å². The Hall–Kier alpha value is -4.90. The van der Waals surface area contributed by atoms with Crippen molar-refractivity contribution in [2.45, 2.75) is 32.1 Å². The second-order valence-electron chi connectivity index (χ2n) is 9.39. The molecule has 1 aliphatic heterocycles. The van der Waals surface area contributed by atoms with Gasteiger partial charge in [-0.1, -0.05) is 24.2 Å². The van der Waals surface area contributed by atoms with E-state index in [9.17, 15) is 9.59 Å². The van der Waals surface area contributed by atoms with E-state index in [4.69, 9.17) is 25.8 Å². The van der Waals surface area contributed by atoms with Crippen molar-refractivity contribution in [3.8, 4) is 11.5 Å². The molecule has 1 unspecified atom stereocenters. The fourth-order valence-corrected chi connectivity index (χ4v) is 4.81. The maximum atomic E-state index is 12.9. The third-order valence-electron chi connectivity index (χ3n) is 6.64. The van der Waals surface area contributed by atoms with Crippen molar-refractivity contribution in [1.29, 1.82) is 0 Å². The second kappa shape index (κ2) is 13.2. The molecule has 0 aliphatic carbocycles. The van der Waals surface area contributed by atoms with Gasteiger partial charge in [0.25, 0.3) is 0 Å². The Labute approximate surface area is 247 Å². The molecule has 2 N–H and O–H groups in total. The number of hydrogen-bond acceptors (Lipinski definition) is 9. The predicted octanol–water partition coefficient (Wildman–Crippen LogP) is 6.08. The van der Waals surface area contributed by atoms with Crippen LogP contribution in [-0.4, -0.2) is 51.7 Å². The van der Waals surface area contributed by atoms with Crippen molar-refractivity contribution in [2.75, 3.05) is 24.3 Å². The van der Waals surface area contributed by atoms with E-state index in [1.54, 1.807) is 30.5 Å². The van der Waals surface area contributed by atoms with E-state index in [0.29, 0.717) is 57.6 Å². The third kappa shape index (κ3) is 6.69. The molecule has 1 fully saturated rings. The van der Waals surface area contributed by atoms with Gasteiger partial charge in [0.05, 0.1) is 29.0 Å². The molecule has 0 bridgehead atoms. The van der Waals surface area contributed by atoms with E-state index < -0.39 is 12.3 Å². The quantitative estimate of drug-likeness (QED) is 0.223. The van der Waals surface area contributed by atoms with Crippen LogP contribution in [0.25, 0.3) is 10.9 Å². The number of carbonyl (C=O) groups is 2. The Morgan fingerprint density at radius 3 is 2.76 bits per heavy atom. The summed E-state index contributed by atoms with van der Waals surface area (Å²) in [6.45, 7) is 4.32. The van der Waals surface area contributed by atoms with E-state index in [2.05, 4.69) is 32.2 Å². The van der Waals surface area contributed by atoms with Crippen LogP contribution in [0.5, 0.6) is 11.5 Å². The highest BCUT2D eigenvalue weighted by molar-refractivity contribution is 6.32. The van der Waals surface area contributed by atoms with Crippen molar-refractivity contribution in [3.63, 3.8) is 0 Å². The Bertz CT molecular complexity index is 1600. The molecule has 5 rings (SSSR count). The van der Waals surface area contributed by atoms with E-state index in [1.165, 1.54) is 24.4 Å². The number of methoxy groups -OCH3 is 1. The maximum Gasteiger partial charge on any atom is 0.413 e. The first-order valence-electron chi connectivity index (χ1n) is 13.3. The number of anilines is 3. The van der Waals surface area contributed by atoms with E-state index in [1.807, 2.05) is 24.3 Å². The molecule has 11 nitrogen and oxygen atoms in total. The topological polar surface area (TPSA) is 128 Å². The lowest BCUT2D eigenvalue weighted by Crippen LogP contribution is -2.45. The summed E-state index contributed by atoms with van der Waals surface area (Å²) >= 11 is 6.50. The number of amides is 2. The van der Waals surface area contributed by atoms with E-state index in [0.717, 1.165) is 18.5 Å². The number of carbonyl (C=O) groups excluding carboxylic acids is 2. The summed E-state index contributed by atoms with van der Waals surface area (Å²) in [5, 5.41) is 7.02. The first-order chi connectivity index (χ1) is 20.4. The number of halogens is 1. The standard InChI is InChI=1S/C30H29ClN6O5/c1-3-27(38)37-13-7-5-9-28(37)42-30(39)36-24-15-21-23(16-26(24)40-2)33-18-34-29(21)35-19-10-11-25(22(31)14-19)41-17-20-8-4-6-12-32-20/h3-4,6,8,10-12,14-16,18,28H,1,5,7,9,13,17H2,2H3,(H,36,39)(H,33,34,35). The number of fused-ring (bicyclic) bond motifs is 1. The van der Waals surface area contributed by atoms with E-state index in [-0.39, 0.29) is 12.5 Å². The maximum absolute atomic E-state index is 12.9. The SMILES string of the molecule is C=CC(=O)N1CCCCC1OC(=O)Nc1cc2c(Nc3ccc(OCc4ccccn4)c(Cl)c3)ncnc2cc1OC. The molecular weight excluding hydrogens is 560 g/mol. The number of nitrogens with zero attached hydrogens (tertiary/aromatic N) is 4. The summed E-state index contributed by atoms with van der Waals surface area (Å²) in [6, 6.07) is 14.3. The molecule has 0 spiro atoms. The molecule has 12 heteroatoms. The molecule has 2 aromatic heterocycles. The number of piperidine rings is 1. The first kappa shape index (κ1) is 28.6. The second-order valence-corrected chi connectivity index (χ2v) is 9.80. The number of rotatable bonds is 9. The zero-order valence-electron chi connectivity index (χ0n) is 22.9. The number of benzene rings is 2. The lowest BCUT2D eigenvalue weighted by molar-refractivity contribution is -0.138. The fraction of sp³-hybridized carbons (Fsp3) is 0.233. The average molecular weight is 589 g/mol. The van der Waals surface area contributed by atoms with Crippen LogP contribution >= 0.6 is 11.6 Å². The lowest BCUT2D eigenvalue weighted by Gasteiger charge is -2.34. The van der Waals surface area contributed by atoms with Crippen molar-refractivity contribution in [3.05, 3.63) is 84.4 Å². The normalized spacial score (nSPS) is 14.6. The van der Waals surface area contributed by atoms with Crippen LogP contribution in [0.4, 0.5) is 22.0 Å². The van der Waals surface area contributed by atoms with Gasteiger partial charge in [-0.05, 0) is 55.3 Å². The molecule has 0 radical (unpaired) electrons. The molecule has 42 heavy (non-hydrogen) atoms. The van der Waals surface area contributed by atoms with Gasteiger partial charge in [-0.2, -0.15) is 0 Å². The highest BCUT2D eigenvalue weighted by Gasteiger charge is 2.28. The summed E-state index contributed by atoms with van der Waals surface area (Å²) in [6.07, 6.45) is 5.15. The lowest BCUT2D eigenvalue weighted by atomic mass is 10.1. The number of ether oxygens (including phenoxy) is 3. The first-order valence-corrected chi connectivity index (χ1v) is 13.7. The monoisotopic (exact) mass is 588 g/mol. The molecule has 4 aromatic rings. The minimum absolute atomic E-state index is 0.281. The number of aromatic nitrogens is 3. The molecule has 3 heterocycles. The van der Waals surface area contributed by atoms with Gasteiger partial charge in [0.15, 0.2) is 6.23 Å². The number of nitrogens with one attached hydrogen (secondary N) is 2. The number of likely N-dealkylation sites (tertiary alicyclic amines) is 1. The molecule has 2 amide bonds. The summed E-state index contributed by atoms with van der Waals surface area (Å²) in [5.74, 6) is 1.09. The molecule has 2 aromatic carbocycles. The summed E-state index contributed by atoms with van der Waals surface area (Å²) in [4.78, 5) is 39.6. The molecule has 1 atom stereocenters. The van der Waals surface area contributed by atoms with Gasteiger partial charge in [-0.15, -0.1) is 0 Å². The van der Waals surface area contributed by atoms with Gasteiger partial charge < -0.3 is 24.4 Å². The summed E-state index contributed by atoms with van der Waals surface area (Å²) < 4.78 is 16.9. The minimum Gasteiger partial charge on any atom is -0.494 e. The van der Waals surface area contributed by atoms with Crippen LogP contribution in [-0.2, 0) is 16.1 Å². The summed E-state index contributed by atoms with van der Waals surface area (Å²) in [5.41, 5.74) is 2.38. The fourth-order valence-electron chi connectivity index (χ4n) is 4.57. The molecule has 0 saturated carbocycles. The van der Waals surface area contributed by atoms with Crippen molar-refractivity contribution in [1.82, 2.24) is 19.9 Å². The van der Waals surface area contributed by atoms with Gasteiger partial charge in [-0.25, -0.2) is 14.8 Å². The Balaban J connectivity index is 1.33.